The molecule has 0 saturated carbocycles. The maximum absolute atomic E-state index is 12.8. The second kappa shape index (κ2) is 10.2. The van der Waals surface area contributed by atoms with E-state index in [1.54, 1.807) is 24.3 Å². The van der Waals surface area contributed by atoms with Gasteiger partial charge in [-0.15, -0.1) is 0 Å². The number of allylic oxidation sites excluding steroid dienone is 1. The molecular weight excluding hydrogens is 426 g/mol. The number of hydrogen-bond donors (Lipinski definition) is 2. The third-order valence-electron chi connectivity index (χ3n) is 5.28. The fourth-order valence-electron chi connectivity index (χ4n) is 3.49. The average Bonchev–Trinajstić information content (AvgIpc) is 2.79. The monoisotopic (exact) mass is 449 g/mol. The summed E-state index contributed by atoms with van der Waals surface area (Å²) in [5.74, 6) is -3.57. The molecule has 3 rings (SSSR count). The van der Waals surface area contributed by atoms with E-state index in [1.165, 1.54) is 7.11 Å². The van der Waals surface area contributed by atoms with E-state index in [2.05, 4.69) is 16.7 Å². The molecule has 2 atom stereocenters. The fraction of sp³-hybridized carbons (Fsp3) is 0.250. The topological polar surface area (TPSA) is 108 Å². The number of carbonyl (C=O) groups is 3. The quantitative estimate of drug-likeness (QED) is 0.517. The van der Waals surface area contributed by atoms with Crippen molar-refractivity contribution in [3.05, 3.63) is 75.8 Å². The van der Waals surface area contributed by atoms with Gasteiger partial charge in [0.1, 0.15) is 5.92 Å². The van der Waals surface area contributed by atoms with Crippen molar-refractivity contribution in [1.82, 2.24) is 5.32 Å². The number of carbonyl (C=O) groups excluding carboxylic acids is 3. The number of thioether (sulfide) groups is 1. The maximum atomic E-state index is 12.8. The van der Waals surface area contributed by atoms with Crippen LogP contribution in [0.5, 0.6) is 0 Å². The van der Waals surface area contributed by atoms with Gasteiger partial charge in [-0.25, -0.2) is 0 Å². The largest absolute Gasteiger partial charge is 0.468 e. The molecule has 0 spiro atoms. The van der Waals surface area contributed by atoms with E-state index in [1.807, 2.05) is 38.1 Å². The van der Waals surface area contributed by atoms with Crippen LogP contribution < -0.4 is 10.6 Å². The van der Waals surface area contributed by atoms with Crippen LogP contribution in [0, 0.1) is 31.1 Å². The van der Waals surface area contributed by atoms with Crippen LogP contribution in [0.1, 0.15) is 22.6 Å². The molecule has 2 aromatic carbocycles. The van der Waals surface area contributed by atoms with Gasteiger partial charge in [0.25, 0.3) is 0 Å². The first-order valence-corrected chi connectivity index (χ1v) is 10.9. The minimum Gasteiger partial charge on any atom is -0.468 e. The number of nitrogens with one attached hydrogen (secondary N) is 2. The fourth-order valence-corrected chi connectivity index (χ4v) is 4.34. The SMILES string of the molecule is COC(=O)[C@@H]1C(=O)NC(SCC(=O)Nc2ccc(C)c(C)c2)=C(C#N)[C@H]1c1ccccc1. The van der Waals surface area contributed by atoms with Crippen molar-refractivity contribution in [2.24, 2.45) is 5.92 Å². The minimum absolute atomic E-state index is 0.0158. The molecule has 1 heterocycles. The number of ether oxygens (including phenoxy) is 1. The lowest BCUT2D eigenvalue weighted by molar-refractivity contribution is -0.150. The molecule has 0 bridgehead atoms. The number of anilines is 1. The van der Waals surface area contributed by atoms with Crippen LogP contribution >= 0.6 is 11.8 Å². The van der Waals surface area contributed by atoms with E-state index in [9.17, 15) is 19.6 Å². The second-order valence-electron chi connectivity index (χ2n) is 7.37. The third-order valence-corrected chi connectivity index (χ3v) is 6.30. The Morgan fingerprint density at radius 2 is 1.88 bits per heavy atom. The van der Waals surface area contributed by atoms with Crippen molar-refractivity contribution in [2.45, 2.75) is 19.8 Å². The molecule has 8 heteroatoms. The highest BCUT2D eigenvalue weighted by Gasteiger charge is 2.44. The summed E-state index contributed by atoms with van der Waals surface area (Å²) in [6, 6.07) is 16.6. The summed E-state index contributed by atoms with van der Waals surface area (Å²) in [6.45, 7) is 3.95. The first-order chi connectivity index (χ1) is 15.3. The zero-order valence-electron chi connectivity index (χ0n) is 18.0. The Hall–Kier alpha value is -3.57. The lowest BCUT2D eigenvalue weighted by Gasteiger charge is -2.30. The number of nitrogens with zero attached hydrogens (tertiary/aromatic N) is 1. The Bertz CT molecular complexity index is 1120. The Labute approximate surface area is 190 Å². The standard InChI is InChI=1S/C24H23N3O4S/c1-14-9-10-17(11-15(14)2)26-19(28)13-32-23-18(12-25)20(16-7-5-4-6-8-16)21(22(29)27-23)24(30)31-3/h4-11,20-21H,13H2,1-3H3,(H,26,28)(H,27,29)/t20-,21+/m1/s1. The van der Waals surface area contributed by atoms with Crippen LogP contribution in [0.3, 0.4) is 0 Å². The van der Waals surface area contributed by atoms with Crippen LogP contribution in [0.4, 0.5) is 5.69 Å². The summed E-state index contributed by atoms with van der Waals surface area (Å²) in [5, 5.41) is 15.6. The van der Waals surface area contributed by atoms with Crippen LogP contribution in [0.25, 0.3) is 0 Å². The number of aryl methyl sites for hydroxylation is 2. The Morgan fingerprint density at radius 1 is 1.16 bits per heavy atom. The predicted octanol–water partition coefficient (Wildman–Crippen LogP) is 3.41. The molecule has 0 aliphatic carbocycles. The van der Waals surface area contributed by atoms with Gasteiger partial charge in [0, 0.05) is 11.6 Å². The molecule has 0 unspecified atom stereocenters. The predicted molar refractivity (Wildman–Crippen MR) is 122 cm³/mol. The van der Waals surface area contributed by atoms with Crippen molar-refractivity contribution in [2.75, 3.05) is 18.2 Å². The molecule has 1 aliphatic rings. The highest BCUT2D eigenvalue weighted by Crippen LogP contribution is 2.40. The van der Waals surface area contributed by atoms with Gasteiger partial charge in [0.05, 0.1) is 29.5 Å². The maximum Gasteiger partial charge on any atom is 0.319 e. The van der Waals surface area contributed by atoms with Crippen molar-refractivity contribution in [1.29, 1.82) is 5.26 Å². The molecular formula is C24H23N3O4S. The van der Waals surface area contributed by atoms with E-state index in [-0.39, 0.29) is 22.3 Å². The van der Waals surface area contributed by atoms with Gasteiger partial charge in [-0.1, -0.05) is 48.2 Å². The lowest BCUT2D eigenvalue weighted by Crippen LogP contribution is -2.44. The number of methoxy groups -OCH3 is 1. The van der Waals surface area contributed by atoms with Gasteiger partial charge in [0.15, 0.2) is 0 Å². The van der Waals surface area contributed by atoms with Crippen molar-refractivity contribution >= 4 is 35.2 Å². The molecule has 32 heavy (non-hydrogen) atoms. The summed E-state index contributed by atoms with van der Waals surface area (Å²) in [7, 11) is 1.20. The first-order valence-electron chi connectivity index (χ1n) is 9.93. The van der Waals surface area contributed by atoms with E-state index < -0.39 is 23.7 Å². The Kier molecular flexibility index (Phi) is 7.33. The normalized spacial score (nSPS) is 17.9. The molecule has 0 saturated heterocycles. The number of amides is 2. The van der Waals surface area contributed by atoms with Crippen molar-refractivity contribution in [3.8, 4) is 6.07 Å². The van der Waals surface area contributed by atoms with Crippen molar-refractivity contribution in [3.63, 3.8) is 0 Å². The van der Waals surface area contributed by atoms with E-state index in [4.69, 9.17) is 4.74 Å². The van der Waals surface area contributed by atoms with Gasteiger partial charge >= 0.3 is 5.97 Å². The molecule has 7 nitrogen and oxygen atoms in total. The number of esters is 1. The molecule has 2 N–H and O–H groups in total. The molecule has 0 radical (unpaired) electrons. The van der Waals surface area contributed by atoms with Crippen LogP contribution in [0.15, 0.2) is 59.1 Å². The summed E-state index contributed by atoms with van der Waals surface area (Å²) in [6.07, 6.45) is 0. The molecule has 164 valence electrons. The Morgan fingerprint density at radius 3 is 2.50 bits per heavy atom. The van der Waals surface area contributed by atoms with Crippen molar-refractivity contribution < 1.29 is 19.1 Å². The smallest absolute Gasteiger partial charge is 0.319 e. The van der Waals surface area contributed by atoms with Gasteiger partial charge in [-0.05, 0) is 42.7 Å². The van der Waals surface area contributed by atoms with Gasteiger partial charge in [0.2, 0.25) is 11.8 Å². The first kappa shape index (κ1) is 23.1. The minimum atomic E-state index is -1.19. The lowest BCUT2D eigenvalue weighted by atomic mass is 9.78. The van der Waals surface area contributed by atoms with E-state index >= 15 is 0 Å². The average molecular weight is 450 g/mol. The highest BCUT2D eigenvalue weighted by molar-refractivity contribution is 8.03. The third kappa shape index (κ3) is 5.01. The van der Waals surface area contributed by atoms with Gasteiger partial charge < -0.3 is 15.4 Å². The number of nitriles is 1. The summed E-state index contributed by atoms with van der Waals surface area (Å²) in [5.41, 5.74) is 3.72. The molecule has 2 aromatic rings. The molecule has 0 fully saturated rings. The summed E-state index contributed by atoms with van der Waals surface area (Å²) in [4.78, 5) is 37.6. The van der Waals surface area contributed by atoms with Crippen LogP contribution in [0.2, 0.25) is 0 Å². The number of benzene rings is 2. The number of hydrogen-bond acceptors (Lipinski definition) is 6. The second-order valence-corrected chi connectivity index (χ2v) is 8.35. The number of rotatable bonds is 6. The van der Waals surface area contributed by atoms with Gasteiger partial charge in [-0.3, -0.25) is 14.4 Å². The molecule has 2 amide bonds. The summed E-state index contributed by atoms with van der Waals surface area (Å²) < 4.78 is 4.82. The van der Waals surface area contributed by atoms with E-state index in [0.717, 1.165) is 22.9 Å². The molecule has 0 aromatic heterocycles. The Balaban J connectivity index is 1.85. The van der Waals surface area contributed by atoms with Crippen LogP contribution in [-0.4, -0.2) is 30.6 Å². The highest BCUT2D eigenvalue weighted by atomic mass is 32.2. The summed E-state index contributed by atoms with van der Waals surface area (Å²) >= 11 is 1.05. The molecule has 1 aliphatic heterocycles. The van der Waals surface area contributed by atoms with Crippen LogP contribution in [-0.2, 0) is 19.1 Å². The van der Waals surface area contributed by atoms with E-state index in [0.29, 0.717) is 11.3 Å². The van der Waals surface area contributed by atoms with Gasteiger partial charge in [-0.2, -0.15) is 5.26 Å². The zero-order valence-corrected chi connectivity index (χ0v) is 18.8. The zero-order chi connectivity index (χ0) is 23.3.